The van der Waals surface area contributed by atoms with Gasteiger partial charge in [0.25, 0.3) is 0 Å². The lowest BCUT2D eigenvalue weighted by Crippen LogP contribution is -2.20. The minimum absolute atomic E-state index is 0.524. The molecule has 7 heteroatoms. The molecular weight excluding hydrogens is 323 g/mol. The standard InChI is InChI=1S/C11H6BrClN2O3/c12-7-5-6(1-2-8(7)13)15-4-3-9(16)10(14-15)11(17)18/h1-5H,(H,17,18). The highest BCUT2D eigenvalue weighted by Crippen LogP contribution is 2.24. The largest absolute Gasteiger partial charge is 0.476 e. The first-order chi connectivity index (χ1) is 8.49. The van der Waals surface area contributed by atoms with Crippen molar-refractivity contribution in [3.8, 4) is 5.69 Å². The highest BCUT2D eigenvalue weighted by molar-refractivity contribution is 9.10. The first kappa shape index (κ1) is 12.8. The molecule has 1 aromatic heterocycles. The van der Waals surface area contributed by atoms with E-state index in [0.717, 1.165) is 6.07 Å². The summed E-state index contributed by atoms with van der Waals surface area (Å²) in [4.78, 5) is 22.1. The topological polar surface area (TPSA) is 72.2 Å². The molecule has 0 atom stereocenters. The third-order valence-corrected chi connectivity index (χ3v) is 3.39. The van der Waals surface area contributed by atoms with Crippen LogP contribution in [0.25, 0.3) is 5.69 Å². The van der Waals surface area contributed by atoms with E-state index in [2.05, 4.69) is 21.0 Å². The Hall–Kier alpha value is -1.66. The molecular formula is C11H6BrClN2O3. The fourth-order valence-electron chi connectivity index (χ4n) is 1.33. The van der Waals surface area contributed by atoms with Gasteiger partial charge in [0.05, 0.1) is 10.7 Å². The Morgan fingerprint density at radius 3 is 2.72 bits per heavy atom. The Morgan fingerprint density at radius 2 is 2.11 bits per heavy atom. The van der Waals surface area contributed by atoms with Crippen LogP contribution >= 0.6 is 27.5 Å². The minimum atomic E-state index is -1.36. The highest BCUT2D eigenvalue weighted by atomic mass is 79.9. The van der Waals surface area contributed by atoms with Crippen LogP contribution in [0.5, 0.6) is 0 Å². The van der Waals surface area contributed by atoms with Gasteiger partial charge in [-0.15, -0.1) is 0 Å². The molecule has 1 N–H and O–H groups in total. The third-order valence-electron chi connectivity index (χ3n) is 2.18. The van der Waals surface area contributed by atoms with Gasteiger partial charge in [-0.1, -0.05) is 11.6 Å². The van der Waals surface area contributed by atoms with Crippen LogP contribution in [0.3, 0.4) is 0 Å². The maximum atomic E-state index is 11.3. The van der Waals surface area contributed by atoms with Crippen LogP contribution in [0.1, 0.15) is 10.5 Å². The van der Waals surface area contributed by atoms with E-state index in [4.69, 9.17) is 16.7 Å². The van der Waals surface area contributed by atoms with Crippen molar-refractivity contribution in [2.24, 2.45) is 0 Å². The average Bonchev–Trinajstić information content (AvgIpc) is 2.33. The molecule has 92 valence electrons. The summed E-state index contributed by atoms with van der Waals surface area (Å²) in [5.41, 5.74) is -0.566. The Kier molecular flexibility index (Phi) is 3.49. The molecule has 0 aliphatic heterocycles. The second-order valence-electron chi connectivity index (χ2n) is 3.38. The van der Waals surface area contributed by atoms with Crippen molar-refractivity contribution in [3.05, 3.63) is 55.9 Å². The van der Waals surface area contributed by atoms with Gasteiger partial charge in [0.15, 0.2) is 0 Å². The molecule has 0 saturated carbocycles. The fraction of sp³-hybridized carbons (Fsp3) is 0. The third kappa shape index (κ3) is 2.44. The van der Waals surface area contributed by atoms with Gasteiger partial charge < -0.3 is 5.11 Å². The number of hydrogen-bond acceptors (Lipinski definition) is 3. The van der Waals surface area contributed by atoms with E-state index in [1.807, 2.05) is 0 Å². The predicted octanol–water partition coefficient (Wildman–Crippen LogP) is 2.35. The lowest BCUT2D eigenvalue weighted by molar-refractivity contribution is 0.0687. The lowest BCUT2D eigenvalue weighted by Gasteiger charge is -2.06. The normalized spacial score (nSPS) is 10.3. The maximum Gasteiger partial charge on any atom is 0.360 e. The van der Waals surface area contributed by atoms with E-state index in [1.54, 1.807) is 18.2 Å². The zero-order chi connectivity index (χ0) is 13.3. The summed E-state index contributed by atoms with van der Waals surface area (Å²) in [5.74, 6) is -1.36. The number of nitrogens with zero attached hydrogens (tertiary/aromatic N) is 2. The van der Waals surface area contributed by atoms with E-state index in [-0.39, 0.29) is 0 Å². The Bertz CT molecular complexity index is 684. The van der Waals surface area contributed by atoms with Gasteiger partial charge in [-0.05, 0) is 34.1 Å². The summed E-state index contributed by atoms with van der Waals surface area (Å²) in [6.45, 7) is 0. The molecule has 0 unspecified atom stereocenters. The van der Waals surface area contributed by atoms with Gasteiger partial charge in [-0.3, -0.25) is 4.79 Å². The summed E-state index contributed by atoms with van der Waals surface area (Å²) in [7, 11) is 0. The number of carboxylic acid groups (broad SMARTS) is 1. The van der Waals surface area contributed by atoms with Crippen LogP contribution in [-0.2, 0) is 0 Å². The van der Waals surface area contributed by atoms with Crippen LogP contribution in [0.4, 0.5) is 0 Å². The molecule has 0 radical (unpaired) electrons. The van der Waals surface area contributed by atoms with Gasteiger partial charge in [0, 0.05) is 16.7 Å². The molecule has 0 spiro atoms. The summed E-state index contributed by atoms with van der Waals surface area (Å²) in [6.07, 6.45) is 1.39. The van der Waals surface area contributed by atoms with Gasteiger partial charge in [-0.25, -0.2) is 9.48 Å². The molecule has 1 heterocycles. The van der Waals surface area contributed by atoms with Crippen molar-refractivity contribution in [1.29, 1.82) is 0 Å². The summed E-state index contributed by atoms with van der Waals surface area (Å²) < 4.78 is 1.95. The van der Waals surface area contributed by atoms with Crippen LogP contribution in [0.2, 0.25) is 5.02 Å². The smallest absolute Gasteiger partial charge is 0.360 e. The van der Waals surface area contributed by atoms with Crippen molar-refractivity contribution in [1.82, 2.24) is 9.78 Å². The molecule has 0 saturated heterocycles. The number of hydrogen-bond donors (Lipinski definition) is 1. The van der Waals surface area contributed by atoms with Crippen molar-refractivity contribution in [3.63, 3.8) is 0 Å². The maximum absolute atomic E-state index is 11.3. The Balaban J connectivity index is 2.57. The van der Waals surface area contributed by atoms with Crippen molar-refractivity contribution in [2.45, 2.75) is 0 Å². The average molecular weight is 330 g/mol. The molecule has 0 amide bonds. The number of rotatable bonds is 2. The van der Waals surface area contributed by atoms with Crippen LogP contribution in [0, 0.1) is 0 Å². The summed E-state index contributed by atoms with van der Waals surface area (Å²) in [5, 5.41) is 13.1. The molecule has 5 nitrogen and oxygen atoms in total. The summed E-state index contributed by atoms with van der Waals surface area (Å²) in [6, 6.07) is 6.13. The quantitative estimate of drug-likeness (QED) is 0.918. The zero-order valence-electron chi connectivity index (χ0n) is 8.80. The van der Waals surface area contributed by atoms with Crippen molar-refractivity contribution in [2.75, 3.05) is 0 Å². The highest BCUT2D eigenvalue weighted by Gasteiger charge is 2.11. The number of benzene rings is 1. The first-order valence-corrected chi connectivity index (χ1v) is 5.95. The van der Waals surface area contributed by atoms with Gasteiger partial charge in [-0.2, -0.15) is 5.10 Å². The number of aromatic nitrogens is 2. The Morgan fingerprint density at radius 1 is 1.39 bits per heavy atom. The number of aromatic carboxylic acids is 1. The van der Waals surface area contributed by atoms with Gasteiger partial charge >= 0.3 is 5.97 Å². The van der Waals surface area contributed by atoms with Crippen LogP contribution in [-0.4, -0.2) is 20.9 Å². The van der Waals surface area contributed by atoms with Gasteiger partial charge in [0.1, 0.15) is 0 Å². The minimum Gasteiger partial charge on any atom is -0.476 e. The Labute approximate surface area is 115 Å². The lowest BCUT2D eigenvalue weighted by atomic mass is 10.3. The van der Waals surface area contributed by atoms with Crippen molar-refractivity contribution >= 4 is 33.5 Å². The molecule has 18 heavy (non-hydrogen) atoms. The van der Waals surface area contributed by atoms with E-state index in [1.165, 1.54) is 10.9 Å². The fourth-order valence-corrected chi connectivity index (χ4v) is 1.81. The van der Waals surface area contributed by atoms with Crippen molar-refractivity contribution < 1.29 is 9.90 Å². The van der Waals surface area contributed by atoms with Gasteiger partial charge in [0.2, 0.25) is 11.1 Å². The molecule has 0 aliphatic carbocycles. The molecule has 0 fully saturated rings. The monoisotopic (exact) mass is 328 g/mol. The SMILES string of the molecule is O=C(O)c1nn(-c2ccc(Cl)c(Br)c2)ccc1=O. The predicted molar refractivity (Wildman–Crippen MR) is 69.5 cm³/mol. The van der Waals surface area contributed by atoms with E-state index in [9.17, 15) is 9.59 Å². The molecule has 0 bridgehead atoms. The second-order valence-corrected chi connectivity index (χ2v) is 4.64. The first-order valence-electron chi connectivity index (χ1n) is 4.78. The zero-order valence-corrected chi connectivity index (χ0v) is 11.1. The van der Waals surface area contributed by atoms with E-state index >= 15 is 0 Å². The molecule has 1 aromatic carbocycles. The molecule has 2 rings (SSSR count). The van der Waals surface area contributed by atoms with E-state index < -0.39 is 17.1 Å². The number of halogens is 2. The second kappa shape index (κ2) is 4.91. The van der Waals surface area contributed by atoms with Crippen LogP contribution < -0.4 is 5.43 Å². The molecule has 2 aromatic rings. The number of carboxylic acids is 1. The summed E-state index contributed by atoms with van der Waals surface area (Å²) >= 11 is 9.11. The van der Waals surface area contributed by atoms with Crippen LogP contribution in [0.15, 0.2) is 39.7 Å². The van der Waals surface area contributed by atoms with E-state index in [0.29, 0.717) is 15.2 Å². The number of carbonyl (C=O) groups is 1. The molecule has 0 aliphatic rings.